The zero-order valence-corrected chi connectivity index (χ0v) is 19.2. The number of nitrogens with zero attached hydrogens (tertiary/aromatic N) is 1. The molecule has 0 bridgehead atoms. The maximum atomic E-state index is 12.6. The third kappa shape index (κ3) is 5.05. The zero-order chi connectivity index (χ0) is 21.5. The Labute approximate surface area is 168 Å². The molecular formula is C20H32BNO5Si. The summed E-state index contributed by atoms with van der Waals surface area (Å²) in [6.07, 6.45) is -0.643. The average molecular weight is 405 g/mol. The van der Waals surface area contributed by atoms with Crippen molar-refractivity contribution in [2.24, 2.45) is 0 Å². The van der Waals surface area contributed by atoms with Crippen molar-refractivity contribution in [3.8, 4) is 0 Å². The Bertz CT molecular complexity index is 862. The summed E-state index contributed by atoms with van der Waals surface area (Å²) in [7, 11) is -3.67. The van der Waals surface area contributed by atoms with Crippen molar-refractivity contribution in [2.75, 3.05) is 0 Å². The monoisotopic (exact) mass is 405 g/mol. The molecule has 0 aliphatic carbocycles. The summed E-state index contributed by atoms with van der Waals surface area (Å²) in [6, 6.07) is 7.19. The van der Waals surface area contributed by atoms with E-state index in [0.717, 1.165) is 10.9 Å². The maximum Gasteiger partial charge on any atom is 0.506 e. The standard InChI is InChI=1S/C20H32BNO5Si/c1-19(2,3)27-18(23)22-16-10-9-14(11-15(16)12-17(22)21(24)25)13-26-28(7,8)20(4,5)6/h9-12,24-25H,13H2,1-8H3. The number of hydrogen-bond acceptors (Lipinski definition) is 5. The van der Waals surface area contributed by atoms with Crippen LogP contribution in [0.15, 0.2) is 24.3 Å². The van der Waals surface area contributed by atoms with Gasteiger partial charge in [0.1, 0.15) is 5.60 Å². The lowest BCUT2D eigenvalue weighted by molar-refractivity contribution is 0.0547. The minimum absolute atomic E-state index is 0.0757. The molecule has 1 heterocycles. The Balaban J connectivity index is 2.38. The van der Waals surface area contributed by atoms with Crippen LogP contribution in [-0.2, 0) is 15.8 Å². The quantitative estimate of drug-likeness (QED) is 0.760. The van der Waals surface area contributed by atoms with Gasteiger partial charge in [-0.15, -0.1) is 0 Å². The van der Waals surface area contributed by atoms with Gasteiger partial charge in [-0.1, -0.05) is 26.8 Å². The summed E-state index contributed by atoms with van der Waals surface area (Å²) in [5, 5.41) is 20.3. The van der Waals surface area contributed by atoms with Crippen molar-refractivity contribution < 1.29 is 24.0 Å². The molecule has 1 aromatic heterocycles. The number of carbonyl (C=O) groups is 1. The molecule has 6 nitrogen and oxygen atoms in total. The molecule has 0 fully saturated rings. The van der Waals surface area contributed by atoms with Gasteiger partial charge in [-0.25, -0.2) is 4.79 Å². The van der Waals surface area contributed by atoms with E-state index in [4.69, 9.17) is 9.16 Å². The largest absolute Gasteiger partial charge is 0.506 e. The first-order valence-corrected chi connectivity index (χ1v) is 12.4. The number of aromatic nitrogens is 1. The molecule has 154 valence electrons. The molecule has 0 atom stereocenters. The summed E-state index contributed by atoms with van der Waals surface area (Å²) in [5.41, 5.74) is 0.917. The fourth-order valence-corrected chi connectivity index (χ4v) is 3.52. The number of fused-ring (bicyclic) bond motifs is 1. The van der Waals surface area contributed by atoms with E-state index in [-0.39, 0.29) is 10.6 Å². The van der Waals surface area contributed by atoms with Gasteiger partial charge < -0.3 is 19.2 Å². The molecule has 2 rings (SSSR count). The number of rotatable bonds is 4. The highest BCUT2D eigenvalue weighted by molar-refractivity contribution is 6.74. The van der Waals surface area contributed by atoms with Crippen molar-refractivity contribution in [2.45, 2.75) is 71.9 Å². The topological polar surface area (TPSA) is 80.9 Å². The highest BCUT2D eigenvalue weighted by atomic mass is 28.4. The van der Waals surface area contributed by atoms with Gasteiger partial charge in [0.25, 0.3) is 0 Å². The van der Waals surface area contributed by atoms with Gasteiger partial charge in [-0.3, -0.25) is 4.57 Å². The summed E-state index contributed by atoms with van der Waals surface area (Å²) in [6.45, 7) is 16.7. The van der Waals surface area contributed by atoms with Crippen LogP contribution in [0, 0.1) is 0 Å². The first-order chi connectivity index (χ1) is 12.6. The Hall–Kier alpha value is -1.61. The Morgan fingerprint density at radius 2 is 1.71 bits per heavy atom. The van der Waals surface area contributed by atoms with Crippen LogP contribution < -0.4 is 5.59 Å². The van der Waals surface area contributed by atoms with Crippen molar-refractivity contribution >= 4 is 38.0 Å². The van der Waals surface area contributed by atoms with Crippen LogP contribution in [0.5, 0.6) is 0 Å². The van der Waals surface area contributed by atoms with E-state index in [2.05, 4.69) is 33.9 Å². The zero-order valence-electron chi connectivity index (χ0n) is 18.2. The molecule has 8 heteroatoms. The van der Waals surface area contributed by atoms with Gasteiger partial charge in [0.05, 0.1) is 17.7 Å². The predicted octanol–water partition coefficient (Wildman–Crippen LogP) is 3.63. The first-order valence-electron chi connectivity index (χ1n) is 9.50. The van der Waals surface area contributed by atoms with E-state index in [9.17, 15) is 14.8 Å². The summed E-state index contributed by atoms with van der Waals surface area (Å²) >= 11 is 0. The number of benzene rings is 1. The summed E-state index contributed by atoms with van der Waals surface area (Å²) in [5.74, 6) is 0. The summed E-state index contributed by atoms with van der Waals surface area (Å²) in [4.78, 5) is 12.6. The van der Waals surface area contributed by atoms with Crippen LogP contribution in [0.2, 0.25) is 18.1 Å². The fraction of sp³-hybridized carbons (Fsp3) is 0.550. The van der Waals surface area contributed by atoms with E-state index in [1.807, 2.05) is 12.1 Å². The lowest BCUT2D eigenvalue weighted by Crippen LogP contribution is -2.41. The van der Waals surface area contributed by atoms with Crippen molar-refractivity contribution in [3.63, 3.8) is 0 Å². The molecule has 0 amide bonds. The molecule has 0 unspecified atom stereocenters. The van der Waals surface area contributed by atoms with E-state index < -0.39 is 27.1 Å². The maximum absolute atomic E-state index is 12.6. The van der Waals surface area contributed by atoms with E-state index in [1.165, 1.54) is 4.57 Å². The molecule has 0 spiro atoms. The average Bonchev–Trinajstić information content (AvgIpc) is 2.89. The molecule has 2 N–H and O–H groups in total. The van der Waals surface area contributed by atoms with Crippen LogP contribution in [-0.4, -0.2) is 41.7 Å². The minimum Gasteiger partial charge on any atom is -0.443 e. The fourth-order valence-electron chi connectivity index (χ4n) is 2.56. The van der Waals surface area contributed by atoms with Gasteiger partial charge >= 0.3 is 13.2 Å². The van der Waals surface area contributed by atoms with Gasteiger partial charge in [-0.2, -0.15) is 0 Å². The van der Waals surface area contributed by atoms with Crippen LogP contribution in [0.1, 0.15) is 47.1 Å². The van der Waals surface area contributed by atoms with Gasteiger partial charge in [0.2, 0.25) is 0 Å². The molecule has 1 aromatic carbocycles. The van der Waals surface area contributed by atoms with Gasteiger partial charge in [0.15, 0.2) is 8.32 Å². The van der Waals surface area contributed by atoms with E-state index in [1.54, 1.807) is 32.9 Å². The predicted molar refractivity (Wildman–Crippen MR) is 115 cm³/mol. The van der Waals surface area contributed by atoms with Crippen LogP contribution in [0.25, 0.3) is 10.9 Å². The molecule has 0 aliphatic rings. The second-order valence-electron chi connectivity index (χ2n) is 9.70. The second-order valence-corrected chi connectivity index (χ2v) is 14.5. The molecule has 28 heavy (non-hydrogen) atoms. The lowest BCUT2D eigenvalue weighted by atomic mass is 9.86. The molecule has 0 saturated carbocycles. The molecule has 0 radical (unpaired) electrons. The minimum atomic E-state index is -1.88. The lowest BCUT2D eigenvalue weighted by Gasteiger charge is -2.36. The van der Waals surface area contributed by atoms with E-state index in [0.29, 0.717) is 12.1 Å². The van der Waals surface area contributed by atoms with Crippen LogP contribution in [0.4, 0.5) is 4.79 Å². The number of hydrogen-bond donors (Lipinski definition) is 2. The third-order valence-electron chi connectivity index (χ3n) is 5.14. The van der Waals surface area contributed by atoms with Crippen LogP contribution in [0.3, 0.4) is 0 Å². The Morgan fingerprint density at radius 1 is 1.11 bits per heavy atom. The molecule has 0 aliphatic heterocycles. The van der Waals surface area contributed by atoms with Gasteiger partial charge in [0, 0.05) is 5.39 Å². The smallest absolute Gasteiger partial charge is 0.443 e. The molecule has 2 aromatic rings. The van der Waals surface area contributed by atoms with E-state index >= 15 is 0 Å². The van der Waals surface area contributed by atoms with Crippen LogP contribution >= 0.6 is 0 Å². The molecule has 0 saturated heterocycles. The Kier molecular flexibility index (Phi) is 6.21. The summed E-state index contributed by atoms with van der Waals surface area (Å²) < 4.78 is 12.9. The number of carbonyl (C=O) groups excluding carboxylic acids is 1. The van der Waals surface area contributed by atoms with Crippen molar-refractivity contribution in [3.05, 3.63) is 29.8 Å². The van der Waals surface area contributed by atoms with Crippen molar-refractivity contribution in [1.82, 2.24) is 4.57 Å². The SMILES string of the molecule is CC(C)(C)OC(=O)n1c(B(O)O)cc2cc(CO[Si](C)(C)C(C)(C)C)ccc21. The normalized spacial score (nSPS) is 13.1. The first kappa shape index (κ1) is 22.7. The highest BCUT2D eigenvalue weighted by Gasteiger charge is 2.37. The van der Waals surface area contributed by atoms with Crippen molar-refractivity contribution in [1.29, 1.82) is 0 Å². The number of ether oxygens (including phenoxy) is 1. The second kappa shape index (κ2) is 7.67. The Morgan fingerprint density at radius 3 is 2.21 bits per heavy atom. The highest BCUT2D eigenvalue weighted by Crippen LogP contribution is 2.37. The third-order valence-corrected chi connectivity index (χ3v) is 9.62. The van der Waals surface area contributed by atoms with Gasteiger partial charge in [-0.05, 0) is 62.7 Å². The molecular weight excluding hydrogens is 373 g/mol.